The van der Waals surface area contributed by atoms with Gasteiger partial charge < -0.3 is 11.1 Å². The van der Waals surface area contributed by atoms with Crippen LogP contribution in [0.1, 0.15) is 48.7 Å². The van der Waals surface area contributed by atoms with Crippen LogP contribution < -0.4 is 11.1 Å². The van der Waals surface area contributed by atoms with E-state index in [2.05, 4.69) is 22.3 Å². The van der Waals surface area contributed by atoms with Gasteiger partial charge in [-0.05, 0) is 43.7 Å². The van der Waals surface area contributed by atoms with E-state index in [1.807, 2.05) is 0 Å². The number of hydrogen-bond acceptors (Lipinski definition) is 4. The monoisotopic (exact) mass is 422 g/mol. The molecule has 3 N–H and O–H groups in total. The topological polar surface area (TPSA) is 90.2 Å². The Morgan fingerprint density at radius 3 is 2.43 bits per heavy atom. The number of amides is 1. The number of pyridine rings is 1. The minimum absolute atomic E-state index is 0.316. The number of primary amides is 1. The van der Waals surface area contributed by atoms with Crippen molar-refractivity contribution < 1.29 is 18.0 Å². The normalized spacial score (nSPS) is 19.2. The first kappa shape index (κ1) is 21.7. The summed E-state index contributed by atoms with van der Waals surface area (Å²) < 4.78 is 41.3. The molecular formula is C20H25F3N6O. The van der Waals surface area contributed by atoms with Crippen molar-refractivity contribution in [2.24, 2.45) is 18.7 Å². The molecule has 0 radical (unpaired) electrons. The van der Waals surface area contributed by atoms with Crippen LogP contribution in [0, 0.1) is 5.92 Å². The maximum atomic E-state index is 12.8. The fraction of sp³-hybridized carbons (Fsp3) is 0.450. The maximum Gasteiger partial charge on any atom is 0.434 e. The minimum atomic E-state index is -4.41. The lowest BCUT2D eigenvalue weighted by atomic mass is 9.87. The molecule has 0 aromatic carbocycles. The average molecular weight is 422 g/mol. The maximum absolute atomic E-state index is 12.8. The van der Waals surface area contributed by atoms with E-state index in [9.17, 15) is 18.0 Å². The second kappa shape index (κ2) is 8.76. The molecule has 4 rings (SSSR count). The number of nitrogens with two attached hydrogens (primary N) is 1. The third kappa shape index (κ3) is 5.31. The first-order valence-corrected chi connectivity index (χ1v) is 9.74. The Balaban J connectivity index is 0.000000239. The molecule has 0 spiro atoms. The summed E-state index contributed by atoms with van der Waals surface area (Å²) in [6.07, 6.45) is 4.07. The summed E-state index contributed by atoms with van der Waals surface area (Å²) in [6.45, 7) is 2.24. The molecule has 162 valence electrons. The molecule has 0 aliphatic heterocycles. The van der Waals surface area contributed by atoms with Gasteiger partial charge in [-0.3, -0.25) is 13.9 Å². The number of anilines is 1. The first-order valence-electron chi connectivity index (χ1n) is 9.74. The van der Waals surface area contributed by atoms with Crippen molar-refractivity contribution in [3.8, 4) is 0 Å². The number of carbonyl (C=O) groups is 1. The van der Waals surface area contributed by atoms with Crippen LogP contribution in [0.3, 0.4) is 0 Å². The Labute approximate surface area is 172 Å². The highest BCUT2D eigenvalue weighted by atomic mass is 19.4. The molecule has 0 bridgehead atoms. The molecule has 3 aromatic rings. The first-order chi connectivity index (χ1) is 14.1. The van der Waals surface area contributed by atoms with Gasteiger partial charge >= 0.3 is 6.18 Å². The number of alkyl halides is 3. The molecule has 30 heavy (non-hydrogen) atoms. The van der Waals surface area contributed by atoms with Gasteiger partial charge in [0.2, 0.25) is 0 Å². The van der Waals surface area contributed by atoms with Crippen LogP contribution >= 0.6 is 0 Å². The molecule has 7 nitrogen and oxygen atoms in total. The molecule has 0 atom stereocenters. The van der Waals surface area contributed by atoms with Gasteiger partial charge in [-0.2, -0.15) is 18.3 Å². The zero-order valence-electron chi connectivity index (χ0n) is 16.9. The van der Waals surface area contributed by atoms with E-state index in [1.54, 1.807) is 31.4 Å². The average Bonchev–Trinajstić information content (AvgIpc) is 3.31. The summed E-state index contributed by atoms with van der Waals surface area (Å²) in [5.41, 5.74) is 4.84. The van der Waals surface area contributed by atoms with Crippen molar-refractivity contribution in [3.63, 3.8) is 0 Å². The smallest absolute Gasteiger partial charge is 0.368 e. The van der Waals surface area contributed by atoms with E-state index in [0.717, 1.165) is 37.8 Å². The quantitative estimate of drug-likeness (QED) is 0.671. The van der Waals surface area contributed by atoms with Crippen LogP contribution in [0.5, 0.6) is 0 Å². The number of nitrogens with zero attached hydrogens (tertiary/aromatic N) is 4. The molecule has 3 aromatic heterocycles. The SMILES string of the molecule is CC1CCC(Nc2cccc3nc(C(F)(F)F)cn23)CC1.Cn1cc(C(N)=O)cn1. The number of imidazole rings is 1. The standard InChI is InChI=1S/C15H18F3N3.C5H7N3O/c1-10-5-7-11(8-6-10)19-13-3-2-4-14-20-12(9-21(13)14)15(16,17)18;1-8-3-4(2-7-8)5(6)9/h2-4,9-11,19H,5-8H2,1H3;2-3H,1H3,(H2,6,9). The van der Waals surface area contributed by atoms with Gasteiger partial charge in [0.25, 0.3) is 5.91 Å². The Kier molecular flexibility index (Phi) is 6.33. The van der Waals surface area contributed by atoms with Crippen molar-refractivity contribution >= 4 is 17.4 Å². The van der Waals surface area contributed by atoms with Crippen molar-refractivity contribution in [2.45, 2.75) is 44.8 Å². The summed E-state index contributed by atoms with van der Waals surface area (Å²) in [6, 6.07) is 5.44. The summed E-state index contributed by atoms with van der Waals surface area (Å²) in [5, 5.41) is 7.12. The number of hydrogen-bond donors (Lipinski definition) is 2. The molecule has 1 saturated carbocycles. The van der Waals surface area contributed by atoms with Crippen molar-refractivity contribution in [1.82, 2.24) is 19.2 Å². The Hall–Kier alpha value is -3.04. The largest absolute Gasteiger partial charge is 0.434 e. The summed E-state index contributed by atoms with van der Waals surface area (Å²) >= 11 is 0. The van der Waals surface area contributed by atoms with Gasteiger partial charge in [0.05, 0.1) is 11.8 Å². The fourth-order valence-corrected chi connectivity index (χ4v) is 3.43. The second-order valence-electron chi connectivity index (χ2n) is 7.63. The lowest BCUT2D eigenvalue weighted by molar-refractivity contribution is -0.140. The lowest BCUT2D eigenvalue weighted by Crippen LogP contribution is -2.26. The molecule has 1 amide bonds. The van der Waals surface area contributed by atoms with E-state index in [0.29, 0.717) is 23.1 Å². The molecule has 1 fully saturated rings. The zero-order valence-corrected chi connectivity index (χ0v) is 16.9. The van der Waals surface area contributed by atoms with Gasteiger partial charge in [0.1, 0.15) is 11.5 Å². The van der Waals surface area contributed by atoms with Gasteiger partial charge in [-0.15, -0.1) is 0 Å². The predicted octanol–water partition coefficient (Wildman–Crippen LogP) is 3.86. The number of carbonyl (C=O) groups excluding carboxylic acids is 1. The third-order valence-electron chi connectivity index (χ3n) is 5.14. The van der Waals surface area contributed by atoms with Gasteiger partial charge in [0.15, 0.2) is 5.69 Å². The van der Waals surface area contributed by atoms with Crippen LogP contribution in [0.25, 0.3) is 5.65 Å². The van der Waals surface area contributed by atoms with Gasteiger partial charge in [-0.25, -0.2) is 4.98 Å². The molecular weight excluding hydrogens is 397 g/mol. The van der Waals surface area contributed by atoms with Gasteiger partial charge in [0, 0.05) is 25.5 Å². The highest BCUT2D eigenvalue weighted by Crippen LogP contribution is 2.30. The number of nitrogens with one attached hydrogen (secondary N) is 1. The Morgan fingerprint density at radius 2 is 1.90 bits per heavy atom. The van der Waals surface area contributed by atoms with Crippen LogP contribution in [0.2, 0.25) is 0 Å². The van der Waals surface area contributed by atoms with E-state index >= 15 is 0 Å². The molecule has 0 unspecified atom stereocenters. The number of aryl methyl sites for hydroxylation is 1. The summed E-state index contributed by atoms with van der Waals surface area (Å²) in [4.78, 5) is 14.0. The molecule has 1 aliphatic rings. The van der Waals surface area contributed by atoms with Crippen molar-refractivity contribution in [2.75, 3.05) is 5.32 Å². The zero-order chi connectivity index (χ0) is 21.9. The minimum Gasteiger partial charge on any atom is -0.368 e. The van der Waals surface area contributed by atoms with E-state index in [1.165, 1.54) is 15.3 Å². The molecule has 10 heteroatoms. The number of aromatic nitrogens is 4. The van der Waals surface area contributed by atoms with Crippen LogP contribution in [0.15, 0.2) is 36.8 Å². The molecule has 0 saturated heterocycles. The molecule has 1 aliphatic carbocycles. The number of halogens is 3. The van der Waals surface area contributed by atoms with Gasteiger partial charge in [-0.1, -0.05) is 13.0 Å². The van der Waals surface area contributed by atoms with Crippen molar-refractivity contribution in [1.29, 1.82) is 0 Å². The molecule has 3 heterocycles. The highest BCUT2D eigenvalue weighted by molar-refractivity contribution is 5.92. The second-order valence-corrected chi connectivity index (χ2v) is 7.63. The van der Waals surface area contributed by atoms with Crippen molar-refractivity contribution in [3.05, 3.63) is 48.0 Å². The number of rotatable bonds is 3. The Bertz CT molecular complexity index is 1000. The van der Waals surface area contributed by atoms with E-state index < -0.39 is 17.8 Å². The predicted molar refractivity (Wildman–Crippen MR) is 107 cm³/mol. The third-order valence-corrected chi connectivity index (χ3v) is 5.14. The Morgan fingerprint density at radius 1 is 1.20 bits per heavy atom. The van der Waals surface area contributed by atoms with E-state index in [-0.39, 0.29) is 0 Å². The summed E-state index contributed by atoms with van der Waals surface area (Å²) in [5.74, 6) is 0.974. The highest BCUT2D eigenvalue weighted by Gasteiger charge is 2.34. The number of fused-ring (bicyclic) bond motifs is 1. The van der Waals surface area contributed by atoms with Crippen LogP contribution in [0.4, 0.5) is 19.0 Å². The fourth-order valence-electron chi connectivity index (χ4n) is 3.43. The summed E-state index contributed by atoms with van der Waals surface area (Å²) in [7, 11) is 1.73. The van der Waals surface area contributed by atoms with Crippen LogP contribution in [-0.2, 0) is 13.2 Å². The van der Waals surface area contributed by atoms with E-state index in [4.69, 9.17) is 5.73 Å². The van der Waals surface area contributed by atoms with Crippen LogP contribution in [-0.4, -0.2) is 31.1 Å². The lowest BCUT2D eigenvalue weighted by Gasteiger charge is -2.27.